The number of hydrogen-bond donors (Lipinski definition) is 1. The Hall–Kier alpha value is -1.66. The van der Waals surface area contributed by atoms with Crippen LogP contribution in [0.3, 0.4) is 0 Å². The van der Waals surface area contributed by atoms with Gasteiger partial charge in [-0.25, -0.2) is 0 Å². The van der Waals surface area contributed by atoms with E-state index in [9.17, 15) is 4.79 Å². The number of carbonyl (C=O) groups is 1. The minimum Gasteiger partial charge on any atom is -0.353 e. The van der Waals surface area contributed by atoms with Gasteiger partial charge in [0.05, 0.1) is 11.7 Å². The zero-order valence-corrected chi connectivity index (χ0v) is 13.8. The van der Waals surface area contributed by atoms with Gasteiger partial charge in [-0.3, -0.25) is 9.48 Å². The predicted octanol–water partition coefficient (Wildman–Crippen LogP) is 1.98. The van der Waals surface area contributed by atoms with Crippen LogP contribution >= 0.6 is 11.3 Å². The largest absolute Gasteiger partial charge is 0.353 e. The highest BCUT2D eigenvalue weighted by molar-refractivity contribution is 7.10. The SMILES string of the molecule is Cc1cc(C)n(CC(=O)NC[C@@H](c2cccs2)N(C)C)n1. The summed E-state index contributed by atoms with van der Waals surface area (Å²) < 4.78 is 1.74. The molecule has 0 fully saturated rings. The molecular weight excluding hydrogens is 284 g/mol. The van der Waals surface area contributed by atoms with Gasteiger partial charge in [-0.15, -0.1) is 11.3 Å². The molecule has 0 aromatic carbocycles. The number of nitrogens with one attached hydrogen (secondary N) is 1. The summed E-state index contributed by atoms with van der Waals surface area (Å²) in [5.41, 5.74) is 1.94. The summed E-state index contributed by atoms with van der Waals surface area (Å²) in [6.07, 6.45) is 0. The lowest BCUT2D eigenvalue weighted by atomic mass is 10.2. The van der Waals surface area contributed by atoms with Gasteiger partial charge < -0.3 is 10.2 Å². The van der Waals surface area contributed by atoms with E-state index >= 15 is 0 Å². The molecule has 0 unspecified atom stereocenters. The van der Waals surface area contributed by atoms with E-state index in [1.54, 1.807) is 16.0 Å². The summed E-state index contributed by atoms with van der Waals surface area (Å²) in [6.45, 7) is 4.76. The molecule has 0 saturated heterocycles. The monoisotopic (exact) mass is 306 g/mol. The molecule has 21 heavy (non-hydrogen) atoms. The highest BCUT2D eigenvalue weighted by Crippen LogP contribution is 2.22. The molecule has 0 saturated carbocycles. The summed E-state index contributed by atoms with van der Waals surface area (Å²) in [5, 5.41) is 9.37. The minimum absolute atomic E-state index is 0.00962. The fraction of sp³-hybridized carbons (Fsp3) is 0.467. The second kappa shape index (κ2) is 6.87. The van der Waals surface area contributed by atoms with Gasteiger partial charge in [-0.2, -0.15) is 5.10 Å². The molecular formula is C15H22N4OS. The third-order valence-electron chi connectivity index (χ3n) is 3.38. The number of thiophene rings is 1. The third-order valence-corrected chi connectivity index (χ3v) is 4.36. The molecule has 0 aliphatic rings. The van der Waals surface area contributed by atoms with Gasteiger partial charge in [0.1, 0.15) is 6.54 Å². The maximum atomic E-state index is 12.1. The Balaban J connectivity index is 1.92. The van der Waals surface area contributed by atoms with Gasteiger partial charge in [0.2, 0.25) is 5.91 Å². The zero-order chi connectivity index (χ0) is 15.4. The van der Waals surface area contributed by atoms with Crippen LogP contribution in [0.4, 0.5) is 0 Å². The van der Waals surface area contributed by atoms with Crippen molar-refractivity contribution in [2.24, 2.45) is 0 Å². The average Bonchev–Trinajstić information content (AvgIpc) is 3.00. The lowest BCUT2D eigenvalue weighted by molar-refractivity contribution is -0.122. The Kier molecular flexibility index (Phi) is 5.14. The zero-order valence-electron chi connectivity index (χ0n) is 13.0. The highest BCUT2D eigenvalue weighted by Gasteiger charge is 2.16. The van der Waals surface area contributed by atoms with Crippen molar-refractivity contribution < 1.29 is 4.79 Å². The Morgan fingerprint density at radius 3 is 2.76 bits per heavy atom. The van der Waals surface area contributed by atoms with E-state index in [1.807, 2.05) is 40.1 Å². The smallest absolute Gasteiger partial charge is 0.241 e. The first-order chi connectivity index (χ1) is 9.97. The number of hydrogen-bond acceptors (Lipinski definition) is 4. The van der Waals surface area contributed by atoms with Crippen LogP contribution in [0.25, 0.3) is 0 Å². The first-order valence-corrected chi connectivity index (χ1v) is 7.83. The Morgan fingerprint density at radius 2 is 2.24 bits per heavy atom. The lowest BCUT2D eigenvalue weighted by Crippen LogP contribution is -2.36. The van der Waals surface area contributed by atoms with Crippen molar-refractivity contribution in [2.75, 3.05) is 20.6 Å². The van der Waals surface area contributed by atoms with Crippen molar-refractivity contribution in [3.05, 3.63) is 39.8 Å². The summed E-state index contributed by atoms with van der Waals surface area (Å²) in [6, 6.07) is 6.31. The second-order valence-electron chi connectivity index (χ2n) is 5.38. The van der Waals surface area contributed by atoms with E-state index in [4.69, 9.17) is 0 Å². The van der Waals surface area contributed by atoms with E-state index < -0.39 is 0 Å². The first kappa shape index (κ1) is 15.7. The lowest BCUT2D eigenvalue weighted by Gasteiger charge is -2.23. The van der Waals surface area contributed by atoms with Gasteiger partial charge in [-0.1, -0.05) is 6.07 Å². The summed E-state index contributed by atoms with van der Waals surface area (Å²) in [4.78, 5) is 15.5. The van der Waals surface area contributed by atoms with Gasteiger partial charge in [-0.05, 0) is 45.5 Å². The number of nitrogens with zero attached hydrogens (tertiary/aromatic N) is 3. The van der Waals surface area contributed by atoms with Gasteiger partial charge in [0.15, 0.2) is 0 Å². The van der Waals surface area contributed by atoms with Crippen LogP contribution in [-0.4, -0.2) is 41.2 Å². The van der Waals surface area contributed by atoms with Crippen LogP contribution in [0.1, 0.15) is 22.3 Å². The maximum Gasteiger partial charge on any atom is 0.241 e. The summed E-state index contributed by atoms with van der Waals surface area (Å²) in [7, 11) is 4.05. The predicted molar refractivity (Wildman–Crippen MR) is 85.5 cm³/mol. The van der Waals surface area contributed by atoms with E-state index in [2.05, 4.69) is 26.8 Å². The van der Waals surface area contributed by atoms with Crippen molar-refractivity contribution in [1.29, 1.82) is 0 Å². The number of aromatic nitrogens is 2. The fourth-order valence-corrected chi connectivity index (χ4v) is 3.18. The van der Waals surface area contributed by atoms with Gasteiger partial charge in [0.25, 0.3) is 0 Å². The summed E-state index contributed by atoms with van der Waals surface area (Å²) in [5.74, 6) is -0.00962. The first-order valence-electron chi connectivity index (χ1n) is 6.95. The molecule has 0 bridgehead atoms. The molecule has 0 aliphatic carbocycles. The van der Waals surface area contributed by atoms with Crippen molar-refractivity contribution in [1.82, 2.24) is 20.0 Å². The molecule has 6 heteroatoms. The van der Waals surface area contributed by atoms with E-state index in [0.29, 0.717) is 6.54 Å². The highest BCUT2D eigenvalue weighted by atomic mass is 32.1. The maximum absolute atomic E-state index is 12.1. The van der Waals surface area contributed by atoms with Crippen LogP contribution in [0.5, 0.6) is 0 Å². The molecule has 2 aromatic rings. The number of likely N-dealkylation sites (N-methyl/N-ethyl adjacent to an activating group) is 1. The van der Waals surface area contributed by atoms with Crippen LogP contribution in [-0.2, 0) is 11.3 Å². The van der Waals surface area contributed by atoms with Crippen LogP contribution < -0.4 is 5.32 Å². The van der Waals surface area contributed by atoms with Gasteiger partial charge >= 0.3 is 0 Å². The number of rotatable bonds is 6. The molecule has 114 valence electrons. The molecule has 1 atom stereocenters. The van der Waals surface area contributed by atoms with Crippen molar-refractivity contribution in [3.63, 3.8) is 0 Å². The Bertz CT molecular complexity index is 589. The fourth-order valence-electron chi connectivity index (χ4n) is 2.26. The van der Waals surface area contributed by atoms with Crippen LogP contribution in [0.2, 0.25) is 0 Å². The molecule has 1 amide bonds. The third kappa shape index (κ3) is 4.15. The van der Waals surface area contributed by atoms with Gasteiger partial charge in [0, 0.05) is 17.1 Å². The molecule has 0 spiro atoms. The Labute approximate surface area is 129 Å². The van der Waals surface area contributed by atoms with E-state index in [-0.39, 0.29) is 18.5 Å². The topological polar surface area (TPSA) is 50.2 Å². The van der Waals surface area contributed by atoms with Crippen molar-refractivity contribution >= 4 is 17.2 Å². The van der Waals surface area contributed by atoms with Crippen LogP contribution in [0.15, 0.2) is 23.6 Å². The normalized spacial score (nSPS) is 12.6. The van der Waals surface area contributed by atoms with Crippen molar-refractivity contribution in [3.8, 4) is 0 Å². The molecule has 2 heterocycles. The average molecular weight is 306 g/mol. The molecule has 2 rings (SSSR count). The Morgan fingerprint density at radius 1 is 1.48 bits per heavy atom. The minimum atomic E-state index is -0.00962. The number of aryl methyl sites for hydroxylation is 2. The van der Waals surface area contributed by atoms with E-state index in [0.717, 1.165) is 11.4 Å². The number of amides is 1. The molecule has 0 radical (unpaired) electrons. The number of carbonyl (C=O) groups excluding carboxylic acids is 1. The molecule has 2 aromatic heterocycles. The quantitative estimate of drug-likeness (QED) is 0.888. The van der Waals surface area contributed by atoms with Crippen molar-refractivity contribution in [2.45, 2.75) is 26.4 Å². The standard InChI is InChI=1S/C15H22N4OS/c1-11-8-12(2)19(17-11)10-15(20)16-9-13(18(3)4)14-6-5-7-21-14/h5-8,13H,9-10H2,1-4H3,(H,16,20)/t13-/m0/s1. The van der Waals surface area contributed by atoms with Crippen LogP contribution in [0, 0.1) is 13.8 Å². The molecule has 1 N–H and O–H groups in total. The van der Waals surface area contributed by atoms with E-state index in [1.165, 1.54) is 4.88 Å². The molecule has 0 aliphatic heterocycles. The summed E-state index contributed by atoms with van der Waals surface area (Å²) >= 11 is 1.71. The second-order valence-corrected chi connectivity index (χ2v) is 6.36. The molecule has 5 nitrogen and oxygen atoms in total.